The molecular weight excluding hydrogens is 717 g/mol. The fraction of sp³-hybridized carbons (Fsp3) is 0.0392. The van der Waals surface area contributed by atoms with Crippen molar-refractivity contribution in [3.05, 3.63) is 199 Å². The predicted molar refractivity (Wildman–Crippen MR) is 238 cm³/mol. The van der Waals surface area contributed by atoms with Crippen molar-refractivity contribution in [3.8, 4) is 16.8 Å². The van der Waals surface area contributed by atoms with Crippen molar-refractivity contribution in [2.45, 2.75) is 12.3 Å². The number of furan rings is 1. The summed E-state index contributed by atoms with van der Waals surface area (Å²) in [6.45, 7) is 0. The summed E-state index contributed by atoms with van der Waals surface area (Å²) in [4.78, 5) is 5.12. The Labute approximate surface area is 332 Å². The summed E-state index contributed by atoms with van der Waals surface area (Å²) in [6, 6.07) is 64.9. The quantitative estimate of drug-likeness (QED) is 0.184. The van der Waals surface area contributed by atoms with Gasteiger partial charge in [0.05, 0.1) is 11.0 Å². The van der Waals surface area contributed by atoms with Gasteiger partial charge in [0.2, 0.25) is 0 Å². The van der Waals surface area contributed by atoms with Crippen molar-refractivity contribution in [1.29, 1.82) is 0 Å². The van der Waals surface area contributed by atoms with Gasteiger partial charge in [0.1, 0.15) is 29.3 Å². The lowest BCUT2D eigenvalue weighted by Gasteiger charge is -2.32. The summed E-state index contributed by atoms with van der Waals surface area (Å²) >= 11 is 1.85. The van der Waals surface area contributed by atoms with Gasteiger partial charge >= 0.3 is 0 Å². The van der Waals surface area contributed by atoms with Crippen molar-refractivity contribution in [1.82, 2.24) is 15.2 Å². The molecule has 0 fully saturated rings. The maximum absolute atomic E-state index is 6.63. The molecule has 0 amide bonds. The van der Waals surface area contributed by atoms with Gasteiger partial charge in [-0.25, -0.2) is 4.99 Å². The molecule has 6 heteroatoms. The maximum Gasteiger partial charge on any atom is 0.136 e. The Balaban J connectivity index is 0.918. The summed E-state index contributed by atoms with van der Waals surface area (Å²) in [6.07, 6.45) is -0.408. The number of rotatable bonds is 5. The average molecular weight is 751 g/mol. The first kappa shape index (κ1) is 32.3. The highest BCUT2D eigenvalue weighted by Gasteiger charge is 2.28. The van der Waals surface area contributed by atoms with Gasteiger partial charge in [0.15, 0.2) is 0 Å². The second kappa shape index (κ2) is 12.8. The van der Waals surface area contributed by atoms with Gasteiger partial charge in [0.25, 0.3) is 0 Å². The number of thiophene rings is 1. The van der Waals surface area contributed by atoms with E-state index in [1.807, 2.05) is 23.5 Å². The molecule has 57 heavy (non-hydrogen) atoms. The third-order valence-corrected chi connectivity index (χ3v) is 12.6. The van der Waals surface area contributed by atoms with E-state index in [9.17, 15) is 0 Å². The van der Waals surface area contributed by atoms with E-state index in [0.717, 1.165) is 50.0 Å². The lowest BCUT2D eigenvalue weighted by molar-refractivity contribution is 0.411. The highest BCUT2D eigenvalue weighted by atomic mass is 32.1. The van der Waals surface area contributed by atoms with E-state index in [1.54, 1.807) is 0 Å². The maximum atomic E-state index is 6.63. The molecule has 1 aliphatic heterocycles. The van der Waals surface area contributed by atoms with Crippen LogP contribution >= 0.6 is 11.3 Å². The monoisotopic (exact) mass is 750 g/mol. The zero-order valence-electron chi connectivity index (χ0n) is 30.7. The van der Waals surface area contributed by atoms with Crippen LogP contribution in [0.15, 0.2) is 191 Å². The number of aliphatic imine (C=N–C) groups is 1. The first-order valence-corrected chi connectivity index (χ1v) is 20.2. The molecular formula is C51H34N4OS. The van der Waals surface area contributed by atoms with E-state index < -0.39 is 0 Å². The Kier molecular flexibility index (Phi) is 7.24. The summed E-state index contributed by atoms with van der Waals surface area (Å²) < 4.78 is 11.6. The van der Waals surface area contributed by atoms with Crippen LogP contribution in [0.4, 0.5) is 0 Å². The molecule has 0 aliphatic carbocycles. The summed E-state index contributed by atoms with van der Waals surface area (Å²) in [5.41, 5.74) is 11.0. The van der Waals surface area contributed by atoms with Crippen molar-refractivity contribution < 1.29 is 4.42 Å². The van der Waals surface area contributed by atoms with Gasteiger partial charge in [-0.1, -0.05) is 133 Å². The molecule has 2 atom stereocenters. The minimum absolute atomic E-state index is 0.196. The molecule has 5 nitrogen and oxygen atoms in total. The first-order chi connectivity index (χ1) is 28.2. The smallest absolute Gasteiger partial charge is 0.136 e. The molecule has 0 bridgehead atoms. The van der Waals surface area contributed by atoms with Gasteiger partial charge in [0, 0.05) is 58.5 Å². The van der Waals surface area contributed by atoms with Crippen molar-refractivity contribution in [2.75, 3.05) is 0 Å². The van der Waals surface area contributed by atoms with Crippen LogP contribution in [-0.4, -0.2) is 10.4 Å². The van der Waals surface area contributed by atoms with Crippen molar-refractivity contribution in [3.63, 3.8) is 0 Å². The number of nitrogens with zero attached hydrogens (tertiary/aromatic N) is 2. The molecule has 2 N–H and O–H groups in total. The van der Waals surface area contributed by atoms with Gasteiger partial charge < -0.3 is 14.3 Å². The lowest BCUT2D eigenvalue weighted by Crippen LogP contribution is -2.45. The number of hydrogen-bond acceptors (Lipinski definition) is 5. The number of fused-ring (bicyclic) bond motifs is 9. The van der Waals surface area contributed by atoms with E-state index in [1.165, 1.54) is 53.2 Å². The van der Waals surface area contributed by atoms with Crippen LogP contribution < -0.4 is 10.6 Å². The molecule has 0 spiro atoms. The van der Waals surface area contributed by atoms with Gasteiger partial charge in [-0.15, -0.1) is 11.3 Å². The standard InChI is InChI=1S/C51H34N4OS/c1-3-12-31(13-4-1)49-52-50(32-14-5-2-6-15-32)54-51(53-49)41-18-11-21-44-48(41)40-26-23-33(28-45(40)56-44)34-22-25-38-39-27-24-35(30-47(39)57-46(38)29-34)55-42-19-9-7-16-36(42)37-17-8-10-20-43(37)55/h1-30,49,51,53H,(H,52,54). The fourth-order valence-electron chi connectivity index (χ4n) is 8.83. The number of benzene rings is 8. The minimum Gasteiger partial charge on any atom is -0.456 e. The van der Waals surface area contributed by atoms with Crippen LogP contribution in [0, 0.1) is 0 Å². The van der Waals surface area contributed by atoms with Gasteiger partial charge in [-0.05, 0) is 65.2 Å². The summed E-state index contributed by atoms with van der Waals surface area (Å²) in [7, 11) is 0. The largest absolute Gasteiger partial charge is 0.456 e. The third kappa shape index (κ3) is 5.22. The minimum atomic E-state index is -0.211. The Hall–Kier alpha value is -6.99. The number of amidine groups is 1. The highest BCUT2D eigenvalue weighted by Crippen LogP contribution is 2.41. The normalized spacial score (nSPS) is 15.9. The molecule has 0 radical (unpaired) electrons. The van der Waals surface area contributed by atoms with Crippen LogP contribution in [0.3, 0.4) is 0 Å². The molecule has 4 heterocycles. The summed E-state index contributed by atoms with van der Waals surface area (Å²) in [5.74, 6) is 0.861. The zero-order chi connectivity index (χ0) is 37.5. The predicted octanol–water partition coefficient (Wildman–Crippen LogP) is 13.1. The number of hydrogen-bond donors (Lipinski definition) is 2. The Morgan fingerprint density at radius 1 is 0.509 bits per heavy atom. The fourth-order valence-corrected chi connectivity index (χ4v) is 10.0. The second-order valence-electron chi connectivity index (χ2n) is 14.8. The van der Waals surface area contributed by atoms with E-state index in [4.69, 9.17) is 9.41 Å². The van der Waals surface area contributed by atoms with Crippen LogP contribution in [0.5, 0.6) is 0 Å². The number of nitrogens with one attached hydrogen (secondary N) is 2. The molecule has 3 aromatic heterocycles. The highest BCUT2D eigenvalue weighted by molar-refractivity contribution is 7.25. The SMILES string of the molecule is c1ccc(C2=NC(c3ccccc3)NC(c3cccc4oc5cc(-c6ccc7c(c6)sc6cc(-n8c9ccccc9c9ccccc98)ccc67)ccc5c34)N2)cc1. The average Bonchev–Trinajstić information content (AvgIpc) is 3.95. The lowest BCUT2D eigenvalue weighted by atomic mass is 9.99. The molecule has 0 saturated heterocycles. The van der Waals surface area contributed by atoms with E-state index in [0.29, 0.717) is 0 Å². The summed E-state index contributed by atoms with van der Waals surface area (Å²) in [5, 5.41) is 14.8. The topological polar surface area (TPSA) is 54.5 Å². The Bertz CT molecular complexity index is 3320. The van der Waals surface area contributed by atoms with E-state index in [-0.39, 0.29) is 12.3 Å². The first-order valence-electron chi connectivity index (χ1n) is 19.3. The van der Waals surface area contributed by atoms with Crippen LogP contribution in [0.2, 0.25) is 0 Å². The van der Waals surface area contributed by atoms with Gasteiger partial charge in [-0.2, -0.15) is 0 Å². The molecule has 8 aromatic carbocycles. The van der Waals surface area contributed by atoms with Crippen LogP contribution in [0.25, 0.3) is 80.7 Å². The van der Waals surface area contributed by atoms with Crippen molar-refractivity contribution >= 4 is 81.1 Å². The number of para-hydroxylation sites is 2. The molecule has 2 unspecified atom stereocenters. The van der Waals surface area contributed by atoms with Gasteiger partial charge in [-0.3, -0.25) is 5.32 Å². The van der Waals surface area contributed by atoms with E-state index >= 15 is 0 Å². The zero-order valence-corrected chi connectivity index (χ0v) is 31.5. The second-order valence-corrected chi connectivity index (χ2v) is 15.9. The van der Waals surface area contributed by atoms with E-state index in [2.05, 4.69) is 185 Å². The molecule has 12 rings (SSSR count). The number of aromatic nitrogens is 1. The molecule has 270 valence electrons. The van der Waals surface area contributed by atoms with Crippen LogP contribution in [-0.2, 0) is 0 Å². The van der Waals surface area contributed by atoms with Crippen molar-refractivity contribution in [2.24, 2.45) is 4.99 Å². The Morgan fingerprint density at radius 2 is 1.16 bits per heavy atom. The molecule has 0 saturated carbocycles. The van der Waals surface area contributed by atoms with Crippen LogP contribution in [0.1, 0.15) is 29.0 Å². The third-order valence-electron chi connectivity index (χ3n) is 11.5. The molecule has 11 aromatic rings. The Morgan fingerprint density at radius 3 is 1.93 bits per heavy atom. The molecule has 1 aliphatic rings.